The van der Waals surface area contributed by atoms with Crippen molar-refractivity contribution >= 4 is 60.5 Å². The lowest BCUT2D eigenvalue weighted by Gasteiger charge is -2.26. The van der Waals surface area contributed by atoms with E-state index < -0.39 is 0 Å². The van der Waals surface area contributed by atoms with Gasteiger partial charge in [-0.1, -0.05) is 164 Å². The van der Waals surface area contributed by atoms with Crippen LogP contribution in [0.3, 0.4) is 0 Å². The highest BCUT2D eigenvalue weighted by atomic mass is 16.3. The molecular weight excluding hydrogens is 703 g/mol. The quantitative estimate of drug-likeness (QED) is 0.162. The van der Waals surface area contributed by atoms with Gasteiger partial charge in [0.2, 0.25) is 0 Å². The Labute approximate surface area is 337 Å². The lowest BCUT2D eigenvalue weighted by atomic mass is 9.91. The number of anilines is 3. The van der Waals surface area contributed by atoms with Crippen LogP contribution in [0.15, 0.2) is 229 Å². The summed E-state index contributed by atoms with van der Waals surface area (Å²) >= 11 is 0. The Bertz CT molecular complexity index is 3260. The van der Waals surface area contributed by atoms with Crippen LogP contribution in [0.2, 0.25) is 0 Å². The molecule has 1 heterocycles. The van der Waals surface area contributed by atoms with Gasteiger partial charge >= 0.3 is 0 Å². The van der Waals surface area contributed by atoms with E-state index in [4.69, 9.17) is 4.42 Å². The molecule has 1 aromatic heterocycles. The van der Waals surface area contributed by atoms with Crippen molar-refractivity contribution < 1.29 is 4.42 Å². The van der Waals surface area contributed by atoms with Crippen LogP contribution in [-0.4, -0.2) is 0 Å². The fourth-order valence-corrected chi connectivity index (χ4v) is 8.56. The normalized spacial score (nSPS) is 11.4. The lowest BCUT2D eigenvalue weighted by Crippen LogP contribution is -2.09. The van der Waals surface area contributed by atoms with Crippen molar-refractivity contribution in [1.82, 2.24) is 0 Å². The molecule has 0 aliphatic carbocycles. The average molecular weight is 740 g/mol. The highest BCUT2D eigenvalue weighted by molar-refractivity contribution is 6.06. The van der Waals surface area contributed by atoms with Crippen LogP contribution in [0.5, 0.6) is 0 Å². The predicted octanol–water partition coefficient (Wildman–Crippen LogP) is 16.0. The van der Waals surface area contributed by atoms with Gasteiger partial charge in [0.15, 0.2) is 0 Å². The fraction of sp³-hybridized carbons (Fsp3) is 0. The van der Waals surface area contributed by atoms with Crippen LogP contribution in [0.1, 0.15) is 0 Å². The molecule has 0 aliphatic heterocycles. The summed E-state index contributed by atoms with van der Waals surface area (Å²) in [6, 6.07) is 80.7. The third-order valence-electron chi connectivity index (χ3n) is 11.5. The van der Waals surface area contributed by atoms with Crippen LogP contribution < -0.4 is 4.90 Å². The molecule has 0 saturated carbocycles. The third-order valence-corrected chi connectivity index (χ3v) is 11.5. The van der Waals surface area contributed by atoms with E-state index >= 15 is 0 Å². The molecule has 0 fully saturated rings. The van der Waals surface area contributed by atoms with Crippen molar-refractivity contribution in [2.24, 2.45) is 0 Å². The van der Waals surface area contributed by atoms with Crippen molar-refractivity contribution in [3.63, 3.8) is 0 Å². The molecule has 10 aromatic carbocycles. The van der Waals surface area contributed by atoms with Gasteiger partial charge in [-0.3, -0.25) is 0 Å². The molecule has 0 atom stereocenters. The number of benzene rings is 10. The monoisotopic (exact) mass is 739 g/mol. The van der Waals surface area contributed by atoms with Gasteiger partial charge in [-0.25, -0.2) is 0 Å². The summed E-state index contributed by atoms with van der Waals surface area (Å²) in [4.78, 5) is 2.32. The lowest BCUT2D eigenvalue weighted by molar-refractivity contribution is 0.669. The van der Waals surface area contributed by atoms with Gasteiger partial charge in [0.1, 0.15) is 11.2 Å². The van der Waals surface area contributed by atoms with Crippen LogP contribution in [0.25, 0.3) is 88.0 Å². The van der Waals surface area contributed by atoms with E-state index in [2.05, 4.69) is 217 Å². The molecule has 0 aliphatic rings. The standard InChI is InChI=1S/C56H37NO/c1-2-11-38(12-3-1)43-23-21-40-22-24-44(36-45(40)35-43)39-25-29-46(30-26-39)57(48-33-34-54-53-18-8-9-20-55(53)58-56(54)37-48)47-31-27-42(28-32-47)50-16-6-7-17-51(50)52-19-10-14-41-13-4-5-15-49(41)52/h1-37H. The van der Waals surface area contributed by atoms with Gasteiger partial charge < -0.3 is 9.32 Å². The second-order valence-electron chi connectivity index (χ2n) is 14.9. The summed E-state index contributed by atoms with van der Waals surface area (Å²) in [6.07, 6.45) is 0. The molecule has 0 saturated heterocycles. The van der Waals surface area contributed by atoms with E-state index in [1.807, 2.05) is 12.1 Å². The van der Waals surface area contributed by atoms with Crippen LogP contribution in [0, 0.1) is 0 Å². The zero-order chi connectivity index (χ0) is 38.4. The van der Waals surface area contributed by atoms with Crippen LogP contribution in [-0.2, 0) is 0 Å². The molecule has 0 unspecified atom stereocenters. The van der Waals surface area contributed by atoms with E-state index in [1.54, 1.807) is 0 Å². The first-order valence-corrected chi connectivity index (χ1v) is 19.8. The minimum Gasteiger partial charge on any atom is -0.456 e. The van der Waals surface area contributed by atoms with E-state index in [-0.39, 0.29) is 0 Å². The number of rotatable bonds is 7. The summed E-state index contributed by atoms with van der Waals surface area (Å²) in [6.45, 7) is 0. The number of nitrogens with zero attached hydrogens (tertiary/aromatic N) is 1. The SMILES string of the molecule is c1ccc(-c2ccc3ccc(-c4ccc(N(c5ccc(-c6ccccc6-c6cccc7ccccc67)cc5)c5ccc6c(c5)oc5ccccc56)cc4)cc3c2)cc1. The van der Waals surface area contributed by atoms with E-state index in [1.165, 1.54) is 66.1 Å². The number of para-hydroxylation sites is 1. The average Bonchev–Trinajstić information content (AvgIpc) is 3.67. The summed E-state index contributed by atoms with van der Waals surface area (Å²) in [5.41, 5.74) is 14.6. The van der Waals surface area contributed by atoms with Gasteiger partial charge in [-0.2, -0.15) is 0 Å². The van der Waals surface area contributed by atoms with Crippen LogP contribution >= 0.6 is 0 Å². The Hall–Kier alpha value is -7.68. The Balaban J connectivity index is 0.987. The molecular formula is C56H37NO. The van der Waals surface area contributed by atoms with Crippen molar-refractivity contribution in [2.75, 3.05) is 4.90 Å². The Morgan fingerprint density at radius 1 is 0.259 bits per heavy atom. The maximum Gasteiger partial charge on any atom is 0.137 e. The van der Waals surface area contributed by atoms with Crippen LogP contribution in [0.4, 0.5) is 17.1 Å². The second-order valence-corrected chi connectivity index (χ2v) is 14.9. The first-order valence-electron chi connectivity index (χ1n) is 19.8. The minimum atomic E-state index is 0.868. The number of hydrogen-bond donors (Lipinski definition) is 0. The maximum absolute atomic E-state index is 6.40. The minimum absolute atomic E-state index is 0.868. The number of furan rings is 1. The molecule has 11 rings (SSSR count). The summed E-state index contributed by atoms with van der Waals surface area (Å²) in [5.74, 6) is 0. The van der Waals surface area contributed by atoms with Gasteiger partial charge in [-0.05, 0) is 121 Å². The molecule has 272 valence electrons. The van der Waals surface area contributed by atoms with E-state index in [0.29, 0.717) is 0 Å². The fourth-order valence-electron chi connectivity index (χ4n) is 8.56. The molecule has 11 aromatic rings. The highest BCUT2D eigenvalue weighted by Gasteiger charge is 2.17. The van der Waals surface area contributed by atoms with Gasteiger partial charge in [0.25, 0.3) is 0 Å². The first kappa shape index (κ1) is 33.6. The molecule has 0 spiro atoms. The largest absolute Gasteiger partial charge is 0.456 e. The molecule has 0 radical (unpaired) electrons. The Morgan fingerprint density at radius 2 is 0.793 bits per heavy atom. The zero-order valence-corrected chi connectivity index (χ0v) is 31.7. The zero-order valence-electron chi connectivity index (χ0n) is 31.7. The maximum atomic E-state index is 6.40. The Kier molecular flexibility index (Phi) is 8.19. The smallest absolute Gasteiger partial charge is 0.137 e. The van der Waals surface area contributed by atoms with Gasteiger partial charge in [0, 0.05) is 33.9 Å². The van der Waals surface area contributed by atoms with E-state index in [0.717, 1.165) is 39.0 Å². The molecule has 0 bridgehead atoms. The summed E-state index contributed by atoms with van der Waals surface area (Å²) < 4.78 is 6.40. The molecule has 0 amide bonds. The predicted molar refractivity (Wildman–Crippen MR) is 245 cm³/mol. The summed E-state index contributed by atoms with van der Waals surface area (Å²) in [7, 11) is 0. The topological polar surface area (TPSA) is 16.4 Å². The molecule has 58 heavy (non-hydrogen) atoms. The number of hydrogen-bond acceptors (Lipinski definition) is 2. The highest BCUT2D eigenvalue weighted by Crippen LogP contribution is 2.42. The van der Waals surface area contributed by atoms with Gasteiger partial charge in [0.05, 0.1) is 0 Å². The van der Waals surface area contributed by atoms with E-state index in [9.17, 15) is 0 Å². The van der Waals surface area contributed by atoms with Crippen molar-refractivity contribution in [1.29, 1.82) is 0 Å². The van der Waals surface area contributed by atoms with Crippen molar-refractivity contribution in [3.8, 4) is 44.5 Å². The van der Waals surface area contributed by atoms with Gasteiger partial charge in [-0.15, -0.1) is 0 Å². The molecule has 0 N–H and O–H groups in total. The van der Waals surface area contributed by atoms with Crippen molar-refractivity contribution in [3.05, 3.63) is 224 Å². The molecule has 2 heteroatoms. The molecule has 2 nitrogen and oxygen atoms in total. The first-order chi connectivity index (χ1) is 28.7. The third kappa shape index (κ3) is 6.00. The second kappa shape index (κ2) is 14.1. The Morgan fingerprint density at radius 3 is 1.55 bits per heavy atom. The van der Waals surface area contributed by atoms with Crippen molar-refractivity contribution in [2.45, 2.75) is 0 Å². The number of fused-ring (bicyclic) bond motifs is 5. The summed E-state index contributed by atoms with van der Waals surface area (Å²) in [5, 5.41) is 7.19.